The highest BCUT2D eigenvalue weighted by Gasteiger charge is 2.25. The Bertz CT molecular complexity index is 780. The molecule has 1 unspecified atom stereocenters. The first-order valence-electron chi connectivity index (χ1n) is 7.78. The summed E-state index contributed by atoms with van der Waals surface area (Å²) in [5.74, 6) is 0. The van der Waals surface area contributed by atoms with E-state index in [0.29, 0.717) is 17.3 Å². The van der Waals surface area contributed by atoms with Gasteiger partial charge in [-0.1, -0.05) is 51.8 Å². The Hall–Kier alpha value is -1.78. The zero-order chi connectivity index (χ0) is 17.1. The lowest BCUT2D eigenvalue weighted by atomic mass is 9.91. The van der Waals surface area contributed by atoms with Crippen LogP contribution in [0.4, 0.5) is 5.69 Å². The van der Waals surface area contributed by atoms with E-state index in [9.17, 15) is 4.79 Å². The van der Waals surface area contributed by atoms with Gasteiger partial charge in [0.25, 0.3) is 0 Å². The van der Waals surface area contributed by atoms with E-state index in [2.05, 4.69) is 40.2 Å². The number of anilines is 1. The van der Waals surface area contributed by atoms with Crippen molar-refractivity contribution in [1.29, 1.82) is 0 Å². The van der Waals surface area contributed by atoms with Crippen molar-refractivity contribution in [2.75, 3.05) is 12.3 Å². The molecule has 0 aromatic heterocycles. The van der Waals surface area contributed by atoms with Crippen molar-refractivity contribution < 1.29 is 4.79 Å². The van der Waals surface area contributed by atoms with Gasteiger partial charge in [-0.05, 0) is 52.7 Å². The molecular weight excluding hydrogens is 388 g/mol. The van der Waals surface area contributed by atoms with Crippen molar-refractivity contribution in [2.45, 2.75) is 18.9 Å². The molecule has 0 spiro atoms. The third-order valence-electron chi connectivity index (χ3n) is 4.25. The van der Waals surface area contributed by atoms with Crippen LogP contribution in [0.1, 0.15) is 18.4 Å². The maximum Gasteiger partial charge on any atom is 0.210 e. The molecule has 5 heteroatoms. The molecule has 2 N–H and O–H groups in total. The third-order valence-corrected chi connectivity index (χ3v) is 5.04. The van der Waals surface area contributed by atoms with Crippen LogP contribution < -0.4 is 5.73 Å². The minimum absolute atomic E-state index is 0.111. The van der Waals surface area contributed by atoms with E-state index in [1.807, 2.05) is 23.1 Å². The monoisotopic (exact) mass is 404 g/mol. The maximum absolute atomic E-state index is 11.5. The first-order valence-corrected chi connectivity index (χ1v) is 8.95. The van der Waals surface area contributed by atoms with Crippen LogP contribution in [-0.4, -0.2) is 23.9 Å². The third kappa shape index (κ3) is 3.65. The van der Waals surface area contributed by atoms with Crippen LogP contribution in [0.3, 0.4) is 0 Å². The second kappa shape index (κ2) is 7.41. The van der Waals surface area contributed by atoms with Gasteiger partial charge in [-0.15, -0.1) is 0 Å². The molecule has 1 aliphatic carbocycles. The topological polar surface area (TPSA) is 46.3 Å². The van der Waals surface area contributed by atoms with Gasteiger partial charge in [0.15, 0.2) is 0 Å². The van der Waals surface area contributed by atoms with Crippen molar-refractivity contribution in [3.63, 3.8) is 0 Å². The summed E-state index contributed by atoms with van der Waals surface area (Å²) in [6.45, 7) is 0.651. The number of allylic oxidation sites excluding steroid dienone is 4. The largest absolute Gasteiger partial charge is 0.398 e. The van der Waals surface area contributed by atoms with Crippen molar-refractivity contribution >= 4 is 45.2 Å². The zero-order valence-electron chi connectivity index (χ0n) is 13.1. The normalized spacial score (nSPS) is 20.8. The fourth-order valence-corrected chi connectivity index (χ4v) is 3.65. The van der Waals surface area contributed by atoms with Gasteiger partial charge in [-0.3, -0.25) is 4.79 Å². The number of hydrogen-bond acceptors (Lipinski definition) is 2. The summed E-state index contributed by atoms with van der Waals surface area (Å²) in [5, 5.41) is 0.661. The lowest BCUT2D eigenvalue weighted by molar-refractivity contribution is -0.118. The standard InChI is InChI=1S/C19H18BrClN2O/c20-15-4-2-1-3-14(9-15)19-10-13(7-8-23(19)12-24)17-11-16(21)5-6-18(17)22/h1-3,5-6,9-12,19H,4,7-8,22H2. The molecule has 2 aliphatic rings. The second-order valence-electron chi connectivity index (χ2n) is 5.85. The number of nitrogens with zero attached hydrogens (tertiary/aromatic N) is 1. The Labute approximate surface area is 155 Å². The number of nitrogen functional groups attached to an aromatic ring is 1. The summed E-state index contributed by atoms with van der Waals surface area (Å²) < 4.78 is 1.09. The molecule has 124 valence electrons. The first kappa shape index (κ1) is 17.1. The quantitative estimate of drug-likeness (QED) is 0.585. The fourth-order valence-electron chi connectivity index (χ4n) is 3.03. The fraction of sp³-hybridized carbons (Fsp3) is 0.211. The van der Waals surface area contributed by atoms with Crippen LogP contribution in [0.2, 0.25) is 5.02 Å². The van der Waals surface area contributed by atoms with Gasteiger partial charge in [0, 0.05) is 22.8 Å². The molecule has 0 bridgehead atoms. The molecule has 0 saturated carbocycles. The molecule has 0 radical (unpaired) electrons. The number of benzene rings is 1. The van der Waals surface area contributed by atoms with Crippen molar-refractivity contribution in [3.05, 3.63) is 69.2 Å². The number of carbonyl (C=O) groups is 1. The summed E-state index contributed by atoms with van der Waals surface area (Å²) in [7, 11) is 0. The summed E-state index contributed by atoms with van der Waals surface area (Å²) in [4.78, 5) is 13.3. The van der Waals surface area contributed by atoms with Crippen molar-refractivity contribution in [3.8, 4) is 0 Å². The highest BCUT2D eigenvalue weighted by atomic mass is 79.9. The Morgan fingerprint density at radius 2 is 2.21 bits per heavy atom. The Morgan fingerprint density at radius 3 is 3.00 bits per heavy atom. The van der Waals surface area contributed by atoms with Crippen molar-refractivity contribution in [1.82, 2.24) is 4.90 Å². The number of hydrogen-bond donors (Lipinski definition) is 1. The number of amides is 1. The summed E-state index contributed by atoms with van der Waals surface area (Å²) in [6.07, 6.45) is 12.9. The minimum atomic E-state index is -0.111. The highest BCUT2D eigenvalue weighted by molar-refractivity contribution is 9.11. The average molecular weight is 406 g/mol. The molecule has 1 aromatic rings. The number of carbonyl (C=O) groups excluding carboxylic acids is 1. The van der Waals surface area contributed by atoms with Crippen molar-refractivity contribution in [2.24, 2.45) is 0 Å². The van der Waals surface area contributed by atoms with E-state index in [4.69, 9.17) is 17.3 Å². The predicted molar refractivity (Wildman–Crippen MR) is 104 cm³/mol. The van der Waals surface area contributed by atoms with E-state index in [-0.39, 0.29) is 6.04 Å². The number of nitrogens with two attached hydrogens (primary N) is 1. The second-order valence-corrected chi connectivity index (χ2v) is 7.31. The smallest absolute Gasteiger partial charge is 0.210 e. The van der Waals surface area contributed by atoms with Crippen LogP contribution in [0.5, 0.6) is 0 Å². The molecule has 0 saturated heterocycles. The maximum atomic E-state index is 11.5. The SMILES string of the molecule is Nc1ccc(Cl)cc1C1=CC(C2=CC=CCC(Br)=C2)N(C=O)CC1. The zero-order valence-corrected chi connectivity index (χ0v) is 15.4. The summed E-state index contributed by atoms with van der Waals surface area (Å²) in [6, 6.07) is 5.39. The van der Waals surface area contributed by atoms with Gasteiger partial charge >= 0.3 is 0 Å². The molecule has 1 aromatic carbocycles. The lowest BCUT2D eigenvalue weighted by Gasteiger charge is -2.33. The molecule has 0 fully saturated rings. The Kier molecular flexibility index (Phi) is 5.27. The average Bonchev–Trinajstić information content (AvgIpc) is 2.81. The van der Waals surface area contributed by atoms with Crippen LogP contribution in [0.25, 0.3) is 5.57 Å². The van der Waals surface area contributed by atoms with E-state index >= 15 is 0 Å². The molecule has 1 atom stereocenters. The van der Waals surface area contributed by atoms with Crippen LogP contribution in [0.15, 0.2) is 58.6 Å². The molecule has 3 nitrogen and oxygen atoms in total. The minimum Gasteiger partial charge on any atom is -0.398 e. The molecule has 1 aliphatic heterocycles. The predicted octanol–water partition coefficient (Wildman–Crippen LogP) is 4.70. The Balaban J connectivity index is 2.04. The number of halogens is 2. The molecule has 3 rings (SSSR count). The molecule has 1 heterocycles. The van der Waals surface area contributed by atoms with E-state index in [1.54, 1.807) is 6.07 Å². The molecule has 24 heavy (non-hydrogen) atoms. The number of rotatable bonds is 3. The highest BCUT2D eigenvalue weighted by Crippen LogP contribution is 2.33. The molecule has 1 amide bonds. The van der Waals surface area contributed by atoms with Gasteiger partial charge < -0.3 is 10.6 Å². The first-order chi connectivity index (χ1) is 11.6. The lowest BCUT2D eigenvalue weighted by Crippen LogP contribution is -2.37. The van der Waals surface area contributed by atoms with Gasteiger partial charge in [0.1, 0.15) is 0 Å². The summed E-state index contributed by atoms with van der Waals surface area (Å²) >= 11 is 9.70. The molecular formula is C19H18BrClN2O. The van der Waals surface area contributed by atoms with Crippen LogP contribution in [0, 0.1) is 0 Å². The van der Waals surface area contributed by atoms with Gasteiger partial charge in [-0.2, -0.15) is 0 Å². The van der Waals surface area contributed by atoms with Gasteiger partial charge in [0.05, 0.1) is 6.04 Å². The van der Waals surface area contributed by atoms with E-state index < -0.39 is 0 Å². The van der Waals surface area contributed by atoms with Gasteiger partial charge in [-0.25, -0.2) is 0 Å². The van der Waals surface area contributed by atoms with Gasteiger partial charge in [0.2, 0.25) is 6.41 Å². The van der Waals surface area contributed by atoms with Crippen LogP contribution >= 0.6 is 27.5 Å². The Morgan fingerprint density at radius 1 is 1.38 bits per heavy atom. The summed E-state index contributed by atoms with van der Waals surface area (Å²) in [5.41, 5.74) is 9.98. The van der Waals surface area contributed by atoms with E-state index in [1.165, 1.54) is 0 Å². The van der Waals surface area contributed by atoms with Crippen LogP contribution in [-0.2, 0) is 4.79 Å². The van der Waals surface area contributed by atoms with E-state index in [0.717, 1.165) is 40.4 Å².